The van der Waals surface area contributed by atoms with Crippen LogP contribution in [0.1, 0.15) is 18.9 Å². The third-order valence-corrected chi connectivity index (χ3v) is 2.41. The summed E-state index contributed by atoms with van der Waals surface area (Å²) >= 11 is 4.18. The molecule has 0 aliphatic heterocycles. The number of nitrogens with one attached hydrogen (secondary N) is 1. The molecule has 0 aliphatic carbocycles. The lowest BCUT2D eigenvalue weighted by atomic mass is 10.2. The van der Waals surface area contributed by atoms with Gasteiger partial charge in [0.2, 0.25) is 5.91 Å². The zero-order valence-corrected chi connectivity index (χ0v) is 9.80. The minimum absolute atomic E-state index is 0.0235. The number of carbonyl (C=O) groups is 1. The van der Waals surface area contributed by atoms with Crippen molar-refractivity contribution in [2.75, 3.05) is 12.4 Å². The van der Waals surface area contributed by atoms with Gasteiger partial charge in [-0.25, -0.2) is 0 Å². The van der Waals surface area contributed by atoms with Crippen LogP contribution in [-0.2, 0) is 10.5 Å². The fourth-order valence-electron chi connectivity index (χ4n) is 1.19. The Hall–Kier alpha value is -1.16. The summed E-state index contributed by atoms with van der Waals surface area (Å²) in [5, 5.41) is 2.79. The Labute approximate surface area is 95.2 Å². The van der Waals surface area contributed by atoms with Gasteiger partial charge in [0.25, 0.3) is 0 Å². The number of amides is 1. The monoisotopic (exact) mass is 225 g/mol. The molecule has 15 heavy (non-hydrogen) atoms. The van der Waals surface area contributed by atoms with Crippen LogP contribution in [0, 0.1) is 0 Å². The van der Waals surface area contributed by atoms with Gasteiger partial charge in [0.15, 0.2) is 0 Å². The van der Waals surface area contributed by atoms with Crippen LogP contribution in [-0.4, -0.2) is 13.0 Å². The minimum Gasteiger partial charge on any atom is -0.495 e. The van der Waals surface area contributed by atoms with Gasteiger partial charge in [-0.3, -0.25) is 4.79 Å². The van der Waals surface area contributed by atoms with Gasteiger partial charge in [0, 0.05) is 12.2 Å². The molecule has 0 atom stereocenters. The van der Waals surface area contributed by atoms with Crippen molar-refractivity contribution < 1.29 is 9.53 Å². The third-order valence-electron chi connectivity index (χ3n) is 2.04. The summed E-state index contributed by atoms with van der Waals surface area (Å²) < 4.78 is 5.15. The highest BCUT2D eigenvalue weighted by Crippen LogP contribution is 2.26. The first-order chi connectivity index (χ1) is 7.21. The van der Waals surface area contributed by atoms with Crippen molar-refractivity contribution in [3.05, 3.63) is 23.8 Å². The first-order valence-electron chi connectivity index (χ1n) is 4.78. The molecule has 0 saturated heterocycles. The molecule has 0 fully saturated rings. The summed E-state index contributed by atoms with van der Waals surface area (Å²) in [4.78, 5) is 11.3. The van der Waals surface area contributed by atoms with Gasteiger partial charge >= 0.3 is 0 Å². The summed E-state index contributed by atoms with van der Waals surface area (Å²) in [6.07, 6.45) is 0.453. The molecule has 0 aliphatic rings. The Morgan fingerprint density at radius 2 is 2.27 bits per heavy atom. The normalized spacial score (nSPS) is 9.80. The van der Waals surface area contributed by atoms with Gasteiger partial charge in [-0.05, 0) is 17.7 Å². The van der Waals surface area contributed by atoms with Crippen molar-refractivity contribution in [1.29, 1.82) is 0 Å². The van der Waals surface area contributed by atoms with Crippen LogP contribution >= 0.6 is 12.6 Å². The van der Waals surface area contributed by atoms with E-state index in [9.17, 15) is 4.79 Å². The van der Waals surface area contributed by atoms with Crippen molar-refractivity contribution in [2.45, 2.75) is 19.1 Å². The molecule has 0 radical (unpaired) electrons. The second-order valence-electron chi connectivity index (χ2n) is 3.09. The highest BCUT2D eigenvalue weighted by molar-refractivity contribution is 7.79. The Morgan fingerprint density at radius 3 is 2.80 bits per heavy atom. The van der Waals surface area contributed by atoms with E-state index in [1.807, 2.05) is 25.1 Å². The van der Waals surface area contributed by atoms with Crippen LogP contribution in [0.15, 0.2) is 18.2 Å². The molecule has 1 amide bonds. The summed E-state index contributed by atoms with van der Waals surface area (Å²) in [6, 6.07) is 5.63. The molecular weight excluding hydrogens is 210 g/mol. The lowest BCUT2D eigenvalue weighted by Crippen LogP contribution is -2.10. The van der Waals surface area contributed by atoms with E-state index >= 15 is 0 Å². The molecule has 0 spiro atoms. The van der Waals surface area contributed by atoms with Gasteiger partial charge < -0.3 is 10.1 Å². The second kappa shape index (κ2) is 5.66. The van der Waals surface area contributed by atoms with Crippen molar-refractivity contribution in [2.24, 2.45) is 0 Å². The predicted molar refractivity (Wildman–Crippen MR) is 64.6 cm³/mol. The summed E-state index contributed by atoms with van der Waals surface area (Å²) in [6.45, 7) is 1.81. The number of ether oxygens (including phenoxy) is 1. The van der Waals surface area contributed by atoms with E-state index in [4.69, 9.17) is 4.74 Å². The molecule has 3 nitrogen and oxygen atoms in total. The molecule has 0 unspecified atom stereocenters. The Kier molecular flexibility index (Phi) is 4.49. The molecule has 1 aromatic carbocycles. The highest BCUT2D eigenvalue weighted by atomic mass is 32.1. The highest BCUT2D eigenvalue weighted by Gasteiger charge is 2.06. The van der Waals surface area contributed by atoms with E-state index in [0.29, 0.717) is 23.6 Å². The second-order valence-corrected chi connectivity index (χ2v) is 3.41. The molecule has 0 saturated carbocycles. The number of hydrogen-bond acceptors (Lipinski definition) is 3. The number of anilines is 1. The smallest absolute Gasteiger partial charge is 0.224 e. The standard InChI is InChI=1S/C11H15NO2S/c1-3-11(13)12-9-6-8(7-15)4-5-10(9)14-2/h4-6,15H,3,7H2,1-2H3,(H,12,13). The molecule has 0 aromatic heterocycles. The van der Waals surface area contributed by atoms with E-state index in [0.717, 1.165) is 5.56 Å². The van der Waals surface area contributed by atoms with Crippen LogP contribution in [0.2, 0.25) is 0 Å². The van der Waals surface area contributed by atoms with Crippen LogP contribution in [0.4, 0.5) is 5.69 Å². The molecular formula is C11H15NO2S. The van der Waals surface area contributed by atoms with E-state index in [-0.39, 0.29) is 5.91 Å². The maximum Gasteiger partial charge on any atom is 0.224 e. The summed E-state index contributed by atoms with van der Waals surface area (Å²) in [5.41, 5.74) is 1.75. The molecule has 0 bridgehead atoms. The predicted octanol–water partition coefficient (Wildman–Crippen LogP) is 2.47. The molecule has 82 valence electrons. The Bertz CT molecular complexity index is 352. The van der Waals surface area contributed by atoms with Crippen LogP contribution < -0.4 is 10.1 Å². The van der Waals surface area contributed by atoms with Gasteiger partial charge in [-0.15, -0.1) is 0 Å². The SMILES string of the molecule is CCC(=O)Nc1cc(CS)ccc1OC. The van der Waals surface area contributed by atoms with Crippen LogP contribution in [0.25, 0.3) is 0 Å². The van der Waals surface area contributed by atoms with E-state index in [1.165, 1.54) is 0 Å². The quantitative estimate of drug-likeness (QED) is 0.773. The topological polar surface area (TPSA) is 38.3 Å². The van der Waals surface area contributed by atoms with Crippen molar-refractivity contribution >= 4 is 24.2 Å². The summed E-state index contributed by atoms with van der Waals surface area (Å²) in [5.74, 6) is 1.28. The summed E-state index contributed by atoms with van der Waals surface area (Å²) in [7, 11) is 1.58. The van der Waals surface area contributed by atoms with Crippen molar-refractivity contribution in [3.8, 4) is 5.75 Å². The number of hydrogen-bond donors (Lipinski definition) is 2. The molecule has 1 aromatic rings. The maximum absolute atomic E-state index is 11.3. The third kappa shape index (κ3) is 3.16. The van der Waals surface area contributed by atoms with Crippen LogP contribution in [0.5, 0.6) is 5.75 Å². The van der Waals surface area contributed by atoms with Gasteiger partial charge in [0.1, 0.15) is 5.75 Å². The van der Waals surface area contributed by atoms with Crippen LogP contribution in [0.3, 0.4) is 0 Å². The number of rotatable bonds is 4. The molecule has 1 N–H and O–H groups in total. The Balaban J connectivity index is 2.95. The number of benzene rings is 1. The first kappa shape index (κ1) is 11.9. The fraction of sp³-hybridized carbons (Fsp3) is 0.364. The lowest BCUT2D eigenvalue weighted by Gasteiger charge is -2.10. The zero-order chi connectivity index (χ0) is 11.3. The average Bonchev–Trinajstić information content (AvgIpc) is 2.28. The van der Waals surface area contributed by atoms with E-state index in [1.54, 1.807) is 7.11 Å². The Morgan fingerprint density at radius 1 is 1.53 bits per heavy atom. The zero-order valence-electron chi connectivity index (χ0n) is 8.91. The maximum atomic E-state index is 11.3. The van der Waals surface area contributed by atoms with Gasteiger partial charge in [0.05, 0.1) is 12.8 Å². The fourth-order valence-corrected chi connectivity index (χ4v) is 1.39. The van der Waals surface area contributed by atoms with Crippen molar-refractivity contribution in [3.63, 3.8) is 0 Å². The van der Waals surface area contributed by atoms with Gasteiger partial charge in [-0.1, -0.05) is 13.0 Å². The number of carbonyl (C=O) groups excluding carboxylic acids is 1. The molecule has 1 rings (SSSR count). The largest absolute Gasteiger partial charge is 0.495 e. The lowest BCUT2D eigenvalue weighted by molar-refractivity contribution is -0.115. The van der Waals surface area contributed by atoms with E-state index in [2.05, 4.69) is 17.9 Å². The number of methoxy groups -OCH3 is 1. The van der Waals surface area contributed by atoms with Crippen molar-refractivity contribution in [1.82, 2.24) is 0 Å². The first-order valence-corrected chi connectivity index (χ1v) is 5.42. The average molecular weight is 225 g/mol. The molecule has 4 heteroatoms. The molecule has 0 heterocycles. The minimum atomic E-state index is -0.0235. The van der Waals surface area contributed by atoms with Gasteiger partial charge in [-0.2, -0.15) is 12.6 Å². The van der Waals surface area contributed by atoms with E-state index < -0.39 is 0 Å². The number of thiol groups is 1.